The van der Waals surface area contributed by atoms with Crippen molar-refractivity contribution in [1.82, 2.24) is 9.88 Å². The number of nitrogens with two attached hydrogens (primary N) is 1. The van der Waals surface area contributed by atoms with Crippen molar-refractivity contribution in [1.29, 1.82) is 5.26 Å². The molecule has 0 radical (unpaired) electrons. The summed E-state index contributed by atoms with van der Waals surface area (Å²) in [5.41, 5.74) is 7.33. The highest BCUT2D eigenvalue weighted by atomic mass is 16.5. The molecule has 2 amide bonds. The number of carbonyl (C=O) groups excluding carboxylic acids is 2. The van der Waals surface area contributed by atoms with Crippen LogP contribution >= 0.6 is 0 Å². The van der Waals surface area contributed by atoms with Gasteiger partial charge in [0.1, 0.15) is 5.75 Å². The number of ether oxygens (including phenoxy) is 1. The van der Waals surface area contributed by atoms with Crippen molar-refractivity contribution in [3.63, 3.8) is 0 Å². The third kappa shape index (κ3) is 5.19. The van der Waals surface area contributed by atoms with Gasteiger partial charge in [0.15, 0.2) is 5.76 Å². The standard InChI is InChI=1S/C22H21N5O4/c1-27(9-3-8-23)21(29)16-10-17(12-18(11-16)30-2)26-22-25-13-19(31-22)14-4-6-15(7-5-14)20(24)28/h4-7,10-13H,3,9H2,1-2H3,(H2,24,28)(H,25,26). The number of benzene rings is 2. The average molecular weight is 419 g/mol. The predicted molar refractivity (Wildman–Crippen MR) is 114 cm³/mol. The number of methoxy groups -OCH3 is 1. The molecule has 1 aromatic heterocycles. The Morgan fingerprint density at radius 1 is 1.23 bits per heavy atom. The number of aromatic nitrogens is 1. The number of anilines is 2. The van der Waals surface area contributed by atoms with Gasteiger partial charge < -0.3 is 25.1 Å². The van der Waals surface area contributed by atoms with E-state index in [1.807, 2.05) is 6.07 Å². The van der Waals surface area contributed by atoms with Gasteiger partial charge in [-0.05, 0) is 24.3 Å². The minimum Gasteiger partial charge on any atom is -0.497 e. The van der Waals surface area contributed by atoms with E-state index in [4.69, 9.17) is 20.1 Å². The minimum atomic E-state index is -0.506. The fourth-order valence-corrected chi connectivity index (χ4v) is 2.84. The van der Waals surface area contributed by atoms with Crippen LogP contribution in [-0.2, 0) is 0 Å². The summed E-state index contributed by atoms with van der Waals surface area (Å²) in [4.78, 5) is 29.5. The molecule has 0 fully saturated rings. The summed E-state index contributed by atoms with van der Waals surface area (Å²) in [6, 6.07) is 13.9. The molecule has 1 heterocycles. The van der Waals surface area contributed by atoms with Gasteiger partial charge in [0.25, 0.3) is 11.9 Å². The van der Waals surface area contributed by atoms with Gasteiger partial charge in [-0.25, -0.2) is 4.98 Å². The maximum absolute atomic E-state index is 12.6. The van der Waals surface area contributed by atoms with Crippen LogP contribution in [0.2, 0.25) is 0 Å². The van der Waals surface area contributed by atoms with Crippen molar-refractivity contribution in [3.05, 3.63) is 59.8 Å². The largest absolute Gasteiger partial charge is 0.497 e. The van der Waals surface area contributed by atoms with Crippen LogP contribution in [-0.4, -0.2) is 42.4 Å². The molecule has 0 unspecified atom stereocenters. The highest BCUT2D eigenvalue weighted by Crippen LogP contribution is 2.27. The lowest BCUT2D eigenvalue weighted by Gasteiger charge is -2.16. The molecule has 0 bridgehead atoms. The van der Waals surface area contributed by atoms with Crippen LogP contribution in [0.1, 0.15) is 27.1 Å². The third-order valence-electron chi connectivity index (χ3n) is 4.51. The van der Waals surface area contributed by atoms with E-state index in [9.17, 15) is 9.59 Å². The van der Waals surface area contributed by atoms with Crippen molar-refractivity contribution in [3.8, 4) is 23.1 Å². The highest BCUT2D eigenvalue weighted by Gasteiger charge is 2.15. The lowest BCUT2D eigenvalue weighted by molar-refractivity contribution is 0.0797. The summed E-state index contributed by atoms with van der Waals surface area (Å²) < 4.78 is 11.0. The van der Waals surface area contributed by atoms with Gasteiger partial charge in [-0.1, -0.05) is 12.1 Å². The van der Waals surface area contributed by atoms with Crippen LogP contribution in [0.5, 0.6) is 5.75 Å². The number of hydrogen-bond donors (Lipinski definition) is 2. The predicted octanol–water partition coefficient (Wildman–Crippen LogP) is 3.18. The zero-order valence-corrected chi connectivity index (χ0v) is 17.1. The lowest BCUT2D eigenvalue weighted by atomic mass is 10.1. The van der Waals surface area contributed by atoms with Crippen LogP contribution in [0.15, 0.2) is 53.1 Å². The second-order valence-corrected chi connectivity index (χ2v) is 6.68. The Morgan fingerprint density at radius 2 is 1.97 bits per heavy atom. The second-order valence-electron chi connectivity index (χ2n) is 6.68. The summed E-state index contributed by atoms with van der Waals surface area (Å²) in [6.45, 7) is 0.326. The van der Waals surface area contributed by atoms with E-state index in [2.05, 4.69) is 10.3 Å². The van der Waals surface area contributed by atoms with Crippen LogP contribution in [0.3, 0.4) is 0 Å². The molecule has 9 heteroatoms. The Balaban J connectivity index is 1.80. The van der Waals surface area contributed by atoms with Gasteiger partial charge in [0.05, 0.1) is 25.8 Å². The molecule has 0 aliphatic rings. The van der Waals surface area contributed by atoms with Gasteiger partial charge in [-0.3, -0.25) is 9.59 Å². The van der Waals surface area contributed by atoms with Gasteiger partial charge in [0.2, 0.25) is 5.91 Å². The molecular weight excluding hydrogens is 398 g/mol. The average Bonchev–Trinajstić information content (AvgIpc) is 3.25. The van der Waals surface area contributed by atoms with E-state index in [-0.39, 0.29) is 18.3 Å². The number of oxazole rings is 1. The Hall–Kier alpha value is -4.32. The van der Waals surface area contributed by atoms with Crippen LogP contribution in [0.25, 0.3) is 11.3 Å². The highest BCUT2D eigenvalue weighted by molar-refractivity contribution is 5.95. The first-order chi connectivity index (χ1) is 14.9. The maximum Gasteiger partial charge on any atom is 0.299 e. The van der Waals surface area contributed by atoms with Gasteiger partial charge >= 0.3 is 0 Å². The molecule has 3 N–H and O–H groups in total. The first kappa shape index (κ1) is 21.4. The quantitative estimate of drug-likeness (QED) is 0.572. The number of nitrogens with one attached hydrogen (secondary N) is 1. The number of nitriles is 1. The Labute approximate surface area is 179 Å². The van der Waals surface area contributed by atoms with Crippen molar-refractivity contribution >= 4 is 23.5 Å². The third-order valence-corrected chi connectivity index (χ3v) is 4.51. The summed E-state index contributed by atoms with van der Waals surface area (Å²) in [7, 11) is 3.14. The Bertz CT molecular complexity index is 1130. The first-order valence-corrected chi connectivity index (χ1v) is 9.36. The topological polar surface area (TPSA) is 134 Å². The second kappa shape index (κ2) is 9.45. The number of carbonyl (C=O) groups is 2. The van der Waals surface area contributed by atoms with E-state index in [1.54, 1.807) is 55.7 Å². The molecule has 0 aliphatic carbocycles. The molecule has 3 rings (SSSR count). The summed E-state index contributed by atoms with van der Waals surface area (Å²) >= 11 is 0. The number of nitrogens with zero attached hydrogens (tertiary/aromatic N) is 3. The molecule has 31 heavy (non-hydrogen) atoms. The number of rotatable bonds is 8. The van der Waals surface area contributed by atoms with Crippen LogP contribution in [0.4, 0.5) is 11.7 Å². The smallest absolute Gasteiger partial charge is 0.299 e. The number of hydrogen-bond acceptors (Lipinski definition) is 7. The van der Waals surface area contributed by atoms with E-state index >= 15 is 0 Å². The van der Waals surface area contributed by atoms with E-state index in [1.165, 1.54) is 12.0 Å². The molecule has 0 saturated heterocycles. The van der Waals surface area contributed by atoms with Crippen molar-refractivity contribution in [2.45, 2.75) is 6.42 Å². The first-order valence-electron chi connectivity index (χ1n) is 9.36. The van der Waals surface area contributed by atoms with Crippen LogP contribution in [0, 0.1) is 11.3 Å². The molecule has 158 valence electrons. The zero-order valence-electron chi connectivity index (χ0n) is 17.1. The summed E-state index contributed by atoms with van der Waals surface area (Å²) in [5.74, 6) is 0.234. The van der Waals surface area contributed by atoms with Gasteiger partial charge in [-0.2, -0.15) is 5.26 Å². The van der Waals surface area contributed by atoms with Crippen molar-refractivity contribution in [2.75, 3.05) is 26.0 Å². The van der Waals surface area contributed by atoms with Crippen molar-refractivity contribution < 1.29 is 18.7 Å². The molecule has 0 atom stereocenters. The lowest BCUT2D eigenvalue weighted by Crippen LogP contribution is -2.27. The molecule has 0 aliphatic heterocycles. The molecule has 2 aromatic carbocycles. The number of primary amides is 1. The van der Waals surface area contributed by atoms with E-state index in [0.29, 0.717) is 34.9 Å². The van der Waals surface area contributed by atoms with E-state index in [0.717, 1.165) is 5.56 Å². The minimum absolute atomic E-state index is 0.221. The van der Waals surface area contributed by atoms with E-state index < -0.39 is 5.91 Å². The molecule has 3 aromatic rings. The zero-order chi connectivity index (χ0) is 22.4. The van der Waals surface area contributed by atoms with Crippen molar-refractivity contribution in [2.24, 2.45) is 5.73 Å². The van der Waals surface area contributed by atoms with Crippen LogP contribution < -0.4 is 15.8 Å². The summed E-state index contributed by atoms with van der Waals surface area (Å²) in [5, 5.41) is 11.7. The van der Waals surface area contributed by atoms with Gasteiger partial charge in [0, 0.05) is 42.0 Å². The molecule has 0 spiro atoms. The Morgan fingerprint density at radius 3 is 2.61 bits per heavy atom. The normalized spacial score (nSPS) is 10.2. The summed E-state index contributed by atoms with van der Waals surface area (Å²) in [6.07, 6.45) is 1.79. The molecule has 0 saturated carbocycles. The van der Waals surface area contributed by atoms with Gasteiger partial charge in [-0.15, -0.1) is 0 Å². The maximum atomic E-state index is 12.6. The fraction of sp³-hybridized carbons (Fsp3) is 0.182. The fourth-order valence-electron chi connectivity index (χ4n) is 2.84. The molecule has 9 nitrogen and oxygen atoms in total. The molecular formula is C22H21N5O4. The monoisotopic (exact) mass is 419 g/mol. The Kier molecular flexibility index (Phi) is 6.52. The SMILES string of the molecule is COc1cc(Nc2ncc(-c3ccc(C(N)=O)cc3)o2)cc(C(=O)N(C)CCC#N)c1. The number of amides is 2.